The first-order valence-electron chi connectivity index (χ1n) is 5.22. The molecule has 0 aliphatic carbocycles. The highest BCUT2D eigenvalue weighted by Crippen LogP contribution is 1.92. The van der Waals surface area contributed by atoms with Crippen LogP contribution in [0.25, 0.3) is 0 Å². The molecular formula is C11H20N2O. The van der Waals surface area contributed by atoms with Gasteiger partial charge < -0.3 is 10.2 Å². The van der Waals surface area contributed by atoms with Crippen LogP contribution in [0.5, 0.6) is 0 Å². The average molecular weight is 196 g/mol. The summed E-state index contributed by atoms with van der Waals surface area (Å²) >= 11 is 0. The molecule has 0 aromatic carbocycles. The van der Waals surface area contributed by atoms with Crippen LogP contribution in [0.15, 0.2) is 0 Å². The number of hydrogen-bond donors (Lipinski definition) is 1. The van der Waals surface area contributed by atoms with Gasteiger partial charge in [0.1, 0.15) is 0 Å². The van der Waals surface area contributed by atoms with Crippen LogP contribution >= 0.6 is 0 Å². The smallest absolute Gasteiger partial charge is 0.318 e. The highest BCUT2D eigenvalue weighted by molar-refractivity contribution is 5.74. The minimum Gasteiger partial charge on any atom is -0.338 e. The molecular weight excluding hydrogens is 176 g/mol. The Morgan fingerprint density at radius 2 is 2.14 bits per heavy atom. The first-order valence-corrected chi connectivity index (χ1v) is 5.22. The minimum atomic E-state index is -0.0433. The van der Waals surface area contributed by atoms with Gasteiger partial charge in [-0.05, 0) is 12.8 Å². The standard InChI is InChI=1S/C11H20N2O/c1-4-7-8-12-11(14)13(9-5-2)10-6-3/h2H,4,6-10H2,1,3H3,(H,12,14). The van der Waals surface area contributed by atoms with Crippen molar-refractivity contribution in [2.45, 2.75) is 33.1 Å². The Labute approximate surface area is 86.9 Å². The van der Waals surface area contributed by atoms with Crippen molar-refractivity contribution >= 4 is 6.03 Å². The molecule has 0 aromatic heterocycles. The lowest BCUT2D eigenvalue weighted by molar-refractivity contribution is 0.204. The summed E-state index contributed by atoms with van der Waals surface area (Å²) in [7, 11) is 0. The van der Waals surface area contributed by atoms with Crippen LogP contribution in [0.2, 0.25) is 0 Å². The van der Waals surface area contributed by atoms with Crippen LogP contribution in [0.1, 0.15) is 33.1 Å². The van der Waals surface area contributed by atoms with E-state index in [0.717, 1.165) is 32.4 Å². The number of urea groups is 1. The molecule has 0 fully saturated rings. The van der Waals surface area contributed by atoms with E-state index in [0.29, 0.717) is 6.54 Å². The van der Waals surface area contributed by atoms with Crippen LogP contribution < -0.4 is 5.32 Å². The van der Waals surface area contributed by atoms with Gasteiger partial charge in [0.2, 0.25) is 0 Å². The molecule has 0 aliphatic heterocycles. The van der Waals surface area contributed by atoms with Crippen molar-refractivity contribution in [3.05, 3.63) is 0 Å². The number of hydrogen-bond acceptors (Lipinski definition) is 1. The number of terminal acetylenes is 1. The Balaban J connectivity index is 3.83. The monoisotopic (exact) mass is 196 g/mol. The molecule has 0 spiro atoms. The molecule has 0 bridgehead atoms. The minimum absolute atomic E-state index is 0.0433. The number of nitrogens with one attached hydrogen (secondary N) is 1. The molecule has 0 heterocycles. The van der Waals surface area contributed by atoms with E-state index >= 15 is 0 Å². The van der Waals surface area contributed by atoms with Gasteiger partial charge in [-0.15, -0.1) is 6.42 Å². The van der Waals surface area contributed by atoms with Gasteiger partial charge in [-0.2, -0.15) is 0 Å². The number of unbranched alkanes of at least 4 members (excludes halogenated alkanes) is 1. The summed E-state index contributed by atoms with van der Waals surface area (Å²) in [4.78, 5) is 13.2. The second kappa shape index (κ2) is 8.43. The van der Waals surface area contributed by atoms with E-state index in [1.54, 1.807) is 4.90 Å². The molecule has 0 unspecified atom stereocenters. The Morgan fingerprint density at radius 3 is 2.64 bits per heavy atom. The molecule has 0 atom stereocenters. The molecule has 2 amide bonds. The number of carbonyl (C=O) groups excluding carboxylic acids is 1. The third-order valence-corrected chi connectivity index (χ3v) is 1.87. The van der Waals surface area contributed by atoms with Crippen LogP contribution in [0.3, 0.4) is 0 Å². The van der Waals surface area contributed by atoms with Crippen molar-refractivity contribution in [3.8, 4) is 12.3 Å². The first-order chi connectivity index (χ1) is 6.76. The molecule has 0 saturated heterocycles. The van der Waals surface area contributed by atoms with Gasteiger partial charge >= 0.3 is 6.03 Å². The summed E-state index contributed by atoms with van der Waals surface area (Å²) in [5.41, 5.74) is 0. The predicted molar refractivity (Wildman–Crippen MR) is 59.0 cm³/mol. The fraction of sp³-hybridized carbons (Fsp3) is 0.727. The van der Waals surface area contributed by atoms with Crippen LogP contribution in [0, 0.1) is 12.3 Å². The van der Waals surface area contributed by atoms with Crippen molar-refractivity contribution in [3.63, 3.8) is 0 Å². The SMILES string of the molecule is C#CCN(CCC)C(=O)NCCCC. The normalized spacial score (nSPS) is 9.21. The molecule has 1 N–H and O–H groups in total. The van der Waals surface area contributed by atoms with E-state index in [1.807, 2.05) is 6.92 Å². The zero-order chi connectivity index (χ0) is 10.8. The molecule has 0 saturated carbocycles. The molecule has 0 aliphatic rings. The third-order valence-electron chi connectivity index (χ3n) is 1.87. The summed E-state index contributed by atoms with van der Waals surface area (Å²) in [5.74, 6) is 2.49. The third kappa shape index (κ3) is 5.47. The van der Waals surface area contributed by atoms with E-state index in [1.165, 1.54) is 0 Å². The maximum absolute atomic E-state index is 11.5. The Hall–Kier alpha value is -1.17. The quantitative estimate of drug-likeness (QED) is 0.510. The molecule has 3 heteroatoms. The van der Waals surface area contributed by atoms with Gasteiger partial charge in [0.05, 0.1) is 6.54 Å². The summed E-state index contributed by atoms with van der Waals surface area (Å²) in [6.45, 7) is 5.98. The van der Waals surface area contributed by atoms with Crippen molar-refractivity contribution in [2.75, 3.05) is 19.6 Å². The second-order valence-electron chi connectivity index (χ2n) is 3.21. The largest absolute Gasteiger partial charge is 0.338 e. The molecule has 0 aromatic rings. The van der Waals surface area contributed by atoms with Gasteiger partial charge in [-0.25, -0.2) is 4.79 Å². The molecule has 14 heavy (non-hydrogen) atoms. The lowest BCUT2D eigenvalue weighted by atomic mass is 10.3. The summed E-state index contributed by atoms with van der Waals surface area (Å²) < 4.78 is 0. The topological polar surface area (TPSA) is 32.3 Å². The predicted octanol–water partition coefficient (Wildman–Crippen LogP) is 1.84. The second-order valence-corrected chi connectivity index (χ2v) is 3.21. The maximum Gasteiger partial charge on any atom is 0.318 e. The van der Waals surface area contributed by atoms with Gasteiger partial charge in [0.15, 0.2) is 0 Å². The highest BCUT2D eigenvalue weighted by atomic mass is 16.2. The van der Waals surface area contributed by atoms with Gasteiger partial charge in [-0.3, -0.25) is 0 Å². The fourth-order valence-electron chi connectivity index (χ4n) is 1.12. The van der Waals surface area contributed by atoms with E-state index in [4.69, 9.17) is 6.42 Å². The zero-order valence-electron chi connectivity index (χ0n) is 9.18. The summed E-state index contributed by atoms with van der Waals surface area (Å²) in [6, 6.07) is -0.0433. The maximum atomic E-state index is 11.5. The highest BCUT2D eigenvalue weighted by Gasteiger charge is 2.09. The molecule has 0 rings (SSSR count). The van der Waals surface area contributed by atoms with Crippen molar-refractivity contribution in [2.24, 2.45) is 0 Å². The van der Waals surface area contributed by atoms with Crippen molar-refractivity contribution in [1.29, 1.82) is 0 Å². The Bertz CT molecular complexity index is 196. The molecule has 0 radical (unpaired) electrons. The van der Waals surface area contributed by atoms with Crippen LogP contribution in [-0.2, 0) is 0 Å². The lowest BCUT2D eigenvalue weighted by Crippen LogP contribution is -2.40. The fourth-order valence-corrected chi connectivity index (χ4v) is 1.12. The van der Waals surface area contributed by atoms with Crippen LogP contribution in [-0.4, -0.2) is 30.6 Å². The zero-order valence-corrected chi connectivity index (χ0v) is 9.18. The lowest BCUT2D eigenvalue weighted by Gasteiger charge is -2.19. The number of nitrogens with zero attached hydrogens (tertiary/aromatic N) is 1. The Kier molecular flexibility index (Phi) is 7.72. The molecule has 80 valence electrons. The van der Waals surface area contributed by atoms with Gasteiger partial charge in [0, 0.05) is 13.1 Å². The Morgan fingerprint density at radius 1 is 1.43 bits per heavy atom. The van der Waals surface area contributed by atoms with E-state index in [-0.39, 0.29) is 6.03 Å². The summed E-state index contributed by atoms with van der Waals surface area (Å²) in [6.07, 6.45) is 8.22. The number of amides is 2. The van der Waals surface area contributed by atoms with Crippen molar-refractivity contribution in [1.82, 2.24) is 10.2 Å². The number of rotatable bonds is 6. The molecule has 3 nitrogen and oxygen atoms in total. The first kappa shape index (κ1) is 12.8. The summed E-state index contributed by atoms with van der Waals surface area (Å²) in [5, 5.41) is 2.84. The number of carbonyl (C=O) groups is 1. The van der Waals surface area contributed by atoms with Crippen LogP contribution in [0.4, 0.5) is 4.79 Å². The van der Waals surface area contributed by atoms with E-state index in [9.17, 15) is 4.79 Å². The van der Waals surface area contributed by atoms with Gasteiger partial charge in [-0.1, -0.05) is 26.2 Å². The average Bonchev–Trinajstić information content (AvgIpc) is 2.18. The van der Waals surface area contributed by atoms with E-state index < -0.39 is 0 Å². The van der Waals surface area contributed by atoms with Crippen molar-refractivity contribution < 1.29 is 4.79 Å². The van der Waals surface area contributed by atoms with Gasteiger partial charge in [0.25, 0.3) is 0 Å². The van der Waals surface area contributed by atoms with E-state index in [2.05, 4.69) is 18.2 Å².